The van der Waals surface area contributed by atoms with Crippen molar-refractivity contribution in [2.75, 3.05) is 0 Å². The van der Waals surface area contributed by atoms with E-state index in [1.54, 1.807) is 34.2 Å². The predicted molar refractivity (Wildman–Crippen MR) is 64.8 cm³/mol. The van der Waals surface area contributed by atoms with E-state index < -0.39 is 0 Å². The Morgan fingerprint density at radius 1 is 1.41 bits per heavy atom. The van der Waals surface area contributed by atoms with Crippen molar-refractivity contribution in [1.82, 2.24) is 14.6 Å². The molecule has 3 aromatic rings. The molecule has 5 heteroatoms. The van der Waals surface area contributed by atoms with Crippen molar-refractivity contribution in [2.45, 2.75) is 6.42 Å². The lowest BCUT2D eigenvalue weighted by Crippen LogP contribution is -1.89. The van der Waals surface area contributed by atoms with Gasteiger partial charge in [0.25, 0.3) is 0 Å². The molecule has 3 rings (SSSR count). The van der Waals surface area contributed by atoms with E-state index in [1.807, 2.05) is 11.4 Å². The minimum Gasteiger partial charge on any atom is -0.221 e. The summed E-state index contributed by atoms with van der Waals surface area (Å²) in [6.07, 6.45) is 2.50. The Morgan fingerprint density at radius 2 is 2.35 bits per heavy atom. The topological polar surface area (TPSA) is 54.0 Å². The molecule has 3 aromatic heterocycles. The molecule has 0 bridgehead atoms. The molecule has 0 N–H and O–H groups in total. The van der Waals surface area contributed by atoms with Crippen LogP contribution >= 0.6 is 11.3 Å². The van der Waals surface area contributed by atoms with E-state index in [2.05, 4.69) is 22.2 Å². The zero-order valence-electron chi connectivity index (χ0n) is 8.87. The van der Waals surface area contributed by atoms with Crippen LogP contribution in [0.2, 0.25) is 0 Å². The second-order valence-corrected chi connectivity index (χ2v) is 4.65. The predicted octanol–water partition coefficient (Wildman–Crippen LogP) is 2.25. The van der Waals surface area contributed by atoms with E-state index in [0.717, 1.165) is 17.9 Å². The van der Waals surface area contributed by atoms with Crippen LogP contribution in [-0.2, 0) is 6.42 Å². The molecule has 0 aliphatic rings. The lowest BCUT2D eigenvalue weighted by molar-refractivity contribution is 0.904. The smallest absolute Gasteiger partial charge is 0.156 e. The van der Waals surface area contributed by atoms with E-state index in [1.165, 1.54) is 4.88 Å². The fourth-order valence-electron chi connectivity index (χ4n) is 1.64. The molecule has 82 valence electrons. The number of pyridine rings is 1. The monoisotopic (exact) mass is 240 g/mol. The van der Waals surface area contributed by atoms with E-state index in [9.17, 15) is 0 Å². The Balaban J connectivity index is 1.99. The normalized spacial score (nSPS) is 10.5. The first kappa shape index (κ1) is 10.00. The summed E-state index contributed by atoms with van der Waals surface area (Å²) < 4.78 is 1.70. The van der Waals surface area contributed by atoms with Gasteiger partial charge in [0.1, 0.15) is 0 Å². The minimum absolute atomic E-state index is 0.604. The first-order valence-corrected chi connectivity index (χ1v) is 6.01. The van der Waals surface area contributed by atoms with Gasteiger partial charge in [0.15, 0.2) is 11.5 Å². The third kappa shape index (κ3) is 1.90. The van der Waals surface area contributed by atoms with Gasteiger partial charge >= 0.3 is 0 Å². The van der Waals surface area contributed by atoms with Gasteiger partial charge in [-0.15, -0.1) is 11.3 Å². The van der Waals surface area contributed by atoms with Crippen LogP contribution in [0.15, 0.2) is 35.8 Å². The Hall–Kier alpha value is -2.19. The maximum absolute atomic E-state index is 8.81. The molecule has 0 saturated carbocycles. The lowest BCUT2D eigenvalue weighted by atomic mass is 10.3. The van der Waals surface area contributed by atoms with Crippen molar-refractivity contribution in [3.05, 3.63) is 52.1 Å². The summed E-state index contributed by atoms with van der Waals surface area (Å²) in [5, 5.41) is 15.2. The molecule has 0 saturated heterocycles. The maximum Gasteiger partial charge on any atom is 0.156 e. The average molecular weight is 240 g/mol. The molecule has 0 spiro atoms. The van der Waals surface area contributed by atoms with Gasteiger partial charge in [-0.3, -0.25) is 0 Å². The number of fused-ring (bicyclic) bond motifs is 1. The first-order chi connectivity index (χ1) is 8.35. The second-order valence-electron chi connectivity index (χ2n) is 3.61. The highest BCUT2D eigenvalue weighted by atomic mass is 32.1. The summed E-state index contributed by atoms with van der Waals surface area (Å²) in [5.74, 6) is 0.780. The van der Waals surface area contributed by atoms with Gasteiger partial charge < -0.3 is 0 Å². The van der Waals surface area contributed by atoms with E-state index in [4.69, 9.17) is 5.26 Å². The Bertz CT molecular complexity index is 691. The van der Waals surface area contributed by atoms with E-state index in [-0.39, 0.29) is 0 Å². The van der Waals surface area contributed by atoms with Gasteiger partial charge in [0.2, 0.25) is 0 Å². The van der Waals surface area contributed by atoms with Crippen LogP contribution < -0.4 is 0 Å². The number of nitrogens with zero attached hydrogens (tertiary/aromatic N) is 4. The molecule has 0 amide bonds. The van der Waals surface area contributed by atoms with E-state index >= 15 is 0 Å². The average Bonchev–Trinajstić information content (AvgIpc) is 2.96. The molecule has 0 aliphatic heterocycles. The van der Waals surface area contributed by atoms with Crippen LogP contribution in [0.4, 0.5) is 0 Å². The van der Waals surface area contributed by atoms with Crippen LogP contribution in [0.3, 0.4) is 0 Å². The number of rotatable bonds is 2. The van der Waals surface area contributed by atoms with Crippen molar-refractivity contribution in [2.24, 2.45) is 0 Å². The fraction of sp³-hybridized carbons (Fsp3) is 0.0833. The highest BCUT2D eigenvalue weighted by Gasteiger charge is 2.05. The SMILES string of the molecule is N#Cc1ccn2nc(Cc3cccs3)nc2c1. The Kier molecular flexibility index (Phi) is 2.35. The number of hydrogen-bond donors (Lipinski definition) is 0. The quantitative estimate of drug-likeness (QED) is 0.690. The van der Waals surface area contributed by atoms with Crippen LogP contribution in [0, 0.1) is 11.3 Å². The molecule has 0 aliphatic carbocycles. The zero-order chi connectivity index (χ0) is 11.7. The van der Waals surface area contributed by atoms with E-state index in [0.29, 0.717) is 5.56 Å². The van der Waals surface area contributed by atoms with Gasteiger partial charge in [-0.1, -0.05) is 6.07 Å². The molecule has 3 heterocycles. The van der Waals surface area contributed by atoms with Gasteiger partial charge in [-0.2, -0.15) is 10.4 Å². The Labute approximate surface area is 102 Å². The van der Waals surface area contributed by atoms with Crippen molar-refractivity contribution >= 4 is 17.0 Å². The third-order valence-electron chi connectivity index (χ3n) is 2.42. The van der Waals surface area contributed by atoms with Gasteiger partial charge in [-0.25, -0.2) is 9.50 Å². The number of hydrogen-bond acceptors (Lipinski definition) is 4. The number of aromatic nitrogens is 3. The molecule has 17 heavy (non-hydrogen) atoms. The van der Waals surface area contributed by atoms with Crippen molar-refractivity contribution in [3.8, 4) is 6.07 Å². The van der Waals surface area contributed by atoms with Crippen molar-refractivity contribution in [1.29, 1.82) is 5.26 Å². The summed E-state index contributed by atoms with van der Waals surface area (Å²) in [7, 11) is 0. The zero-order valence-corrected chi connectivity index (χ0v) is 9.68. The summed E-state index contributed by atoms with van der Waals surface area (Å²) in [6, 6.07) is 9.65. The lowest BCUT2D eigenvalue weighted by Gasteiger charge is -1.89. The summed E-state index contributed by atoms with van der Waals surface area (Å²) in [4.78, 5) is 5.64. The highest BCUT2D eigenvalue weighted by molar-refractivity contribution is 7.09. The van der Waals surface area contributed by atoms with Gasteiger partial charge in [-0.05, 0) is 17.5 Å². The minimum atomic E-state index is 0.604. The van der Waals surface area contributed by atoms with Crippen LogP contribution in [-0.4, -0.2) is 14.6 Å². The largest absolute Gasteiger partial charge is 0.221 e. The summed E-state index contributed by atoms with van der Waals surface area (Å²) in [6.45, 7) is 0. The first-order valence-electron chi connectivity index (χ1n) is 5.13. The van der Waals surface area contributed by atoms with Crippen LogP contribution in [0.1, 0.15) is 16.3 Å². The fourth-order valence-corrected chi connectivity index (χ4v) is 2.34. The number of nitriles is 1. The van der Waals surface area contributed by atoms with Crippen molar-refractivity contribution in [3.63, 3.8) is 0 Å². The molecular weight excluding hydrogens is 232 g/mol. The Morgan fingerprint density at radius 3 is 3.12 bits per heavy atom. The molecule has 0 atom stereocenters. The number of thiophene rings is 1. The summed E-state index contributed by atoms with van der Waals surface area (Å²) in [5.41, 5.74) is 1.32. The molecular formula is C12H8N4S. The highest BCUT2D eigenvalue weighted by Crippen LogP contribution is 2.13. The third-order valence-corrected chi connectivity index (χ3v) is 3.30. The van der Waals surface area contributed by atoms with Gasteiger partial charge in [0, 0.05) is 23.6 Å². The molecule has 0 fully saturated rings. The molecule has 0 aromatic carbocycles. The molecule has 0 unspecified atom stereocenters. The van der Waals surface area contributed by atoms with Crippen LogP contribution in [0.5, 0.6) is 0 Å². The van der Waals surface area contributed by atoms with Gasteiger partial charge in [0.05, 0.1) is 11.6 Å². The van der Waals surface area contributed by atoms with Crippen molar-refractivity contribution < 1.29 is 0 Å². The maximum atomic E-state index is 8.81. The summed E-state index contributed by atoms with van der Waals surface area (Å²) >= 11 is 1.69. The van der Waals surface area contributed by atoms with Crippen LogP contribution in [0.25, 0.3) is 5.65 Å². The molecule has 4 nitrogen and oxygen atoms in total. The second kappa shape index (κ2) is 4.00. The molecule has 0 radical (unpaired) electrons. The standard InChI is InChI=1S/C12H8N4S/c13-8-9-3-4-16-12(6-9)14-11(15-16)7-10-2-1-5-17-10/h1-6H,7H2.